The molecule has 114 valence electrons. The van der Waals surface area contributed by atoms with Gasteiger partial charge in [0.25, 0.3) is 0 Å². The Kier molecular flexibility index (Phi) is 3.84. The van der Waals surface area contributed by atoms with Crippen LogP contribution < -0.4 is 0 Å². The third kappa shape index (κ3) is 2.67. The fourth-order valence-corrected chi connectivity index (χ4v) is 5.16. The van der Waals surface area contributed by atoms with Gasteiger partial charge in [-0.15, -0.1) is 0 Å². The van der Waals surface area contributed by atoms with Gasteiger partial charge in [0, 0.05) is 11.3 Å². The molecule has 2 aliphatic carbocycles. The molecule has 2 rings (SSSR count). The highest BCUT2D eigenvalue weighted by molar-refractivity contribution is 6.69. The molecule has 0 spiro atoms. The first-order valence-corrected chi connectivity index (χ1v) is 11.3. The predicted octanol–water partition coefficient (Wildman–Crippen LogP) is 4.57. The Bertz CT molecular complexity index is 444. The summed E-state index contributed by atoms with van der Waals surface area (Å²) in [7, 11) is -1.64. The second-order valence-corrected chi connectivity index (χ2v) is 13.0. The Morgan fingerprint density at radius 2 is 1.80 bits per heavy atom. The summed E-state index contributed by atoms with van der Waals surface area (Å²) in [5.74, 6) is 0.385. The fourth-order valence-electron chi connectivity index (χ4n) is 4.07. The molecule has 2 nitrogen and oxygen atoms in total. The number of hydrogen-bond donors (Lipinski definition) is 0. The molecular weight excluding hydrogens is 264 g/mol. The molecule has 3 heteroatoms. The van der Waals surface area contributed by atoms with Crippen molar-refractivity contribution in [2.24, 2.45) is 16.7 Å². The standard InChI is InChI=1S/C17H30O2Si/c1-12-13(19-20(5,6)7)11-14-16(2,3)9-8-10-17(14,4)15(12)18/h11-13H,8-10H2,1-7H3/t12-,13?,17+/m1/s1. The van der Waals surface area contributed by atoms with Crippen LogP contribution in [0.25, 0.3) is 0 Å². The second-order valence-electron chi connectivity index (χ2n) is 8.50. The topological polar surface area (TPSA) is 26.3 Å². The summed E-state index contributed by atoms with van der Waals surface area (Å²) in [6, 6.07) is 0. The molecule has 1 unspecified atom stereocenters. The van der Waals surface area contributed by atoms with Gasteiger partial charge in [0.05, 0.1) is 6.10 Å². The van der Waals surface area contributed by atoms with Gasteiger partial charge in [-0.2, -0.15) is 0 Å². The van der Waals surface area contributed by atoms with Gasteiger partial charge in [-0.1, -0.05) is 38.8 Å². The van der Waals surface area contributed by atoms with Crippen LogP contribution in [0.1, 0.15) is 47.0 Å². The van der Waals surface area contributed by atoms with E-state index in [2.05, 4.69) is 46.5 Å². The average Bonchev–Trinajstić information content (AvgIpc) is 2.27. The molecular formula is C17H30O2Si. The molecule has 0 heterocycles. The van der Waals surface area contributed by atoms with E-state index in [0.717, 1.165) is 12.8 Å². The highest BCUT2D eigenvalue weighted by Gasteiger charge is 2.52. The van der Waals surface area contributed by atoms with Gasteiger partial charge in [-0.3, -0.25) is 4.79 Å². The molecule has 0 bridgehead atoms. The normalized spacial score (nSPS) is 37.4. The minimum absolute atomic E-state index is 0.00984. The van der Waals surface area contributed by atoms with E-state index in [1.807, 2.05) is 6.92 Å². The first-order chi connectivity index (χ1) is 8.97. The molecule has 2 aliphatic rings. The molecule has 1 fully saturated rings. The predicted molar refractivity (Wildman–Crippen MR) is 86.2 cm³/mol. The summed E-state index contributed by atoms with van der Waals surface area (Å²) in [6.45, 7) is 15.4. The first-order valence-electron chi connectivity index (χ1n) is 7.92. The number of rotatable bonds is 2. The molecule has 0 aromatic rings. The molecule has 0 aromatic carbocycles. The van der Waals surface area contributed by atoms with Gasteiger partial charge in [-0.25, -0.2) is 0 Å². The van der Waals surface area contributed by atoms with Crippen LogP contribution in [0.3, 0.4) is 0 Å². The first kappa shape index (κ1) is 16.0. The third-order valence-electron chi connectivity index (χ3n) is 5.07. The van der Waals surface area contributed by atoms with Gasteiger partial charge in [0.2, 0.25) is 0 Å². The summed E-state index contributed by atoms with van der Waals surface area (Å²) in [5, 5.41) is 0. The third-order valence-corrected chi connectivity index (χ3v) is 6.05. The Balaban J connectivity index is 2.45. The second kappa shape index (κ2) is 4.81. The van der Waals surface area contributed by atoms with Crippen LogP contribution in [0.4, 0.5) is 0 Å². The van der Waals surface area contributed by atoms with Gasteiger partial charge < -0.3 is 4.43 Å². The van der Waals surface area contributed by atoms with Crippen molar-refractivity contribution in [3.63, 3.8) is 0 Å². The van der Waals surface area contributed by atoms with Crippen molar-refractivity contribution in [2.75, 3.05) is 0 Å². The lowest BCUT2D eigenvalue weighted by Gasteiger charge is -2.50. The summed E-state index contributed by atoms with van der Waals surface area (Å²) >= 11 is 0. The molecule has 0 aromatic heterocycles. The van der Waals surface area contributed by atoms with Crippen molar-refractivity contribution in [1.82, 2.24) is 0 Å². The Morgan fingerprint density at radius 3 is 2.35 bits per heavy atom. The number of allylic oxidation sites excluding steroid dienone is 1. The SMILES string of the molecule is C[C@H]1C(=O)[C@@]2(C)CCCC(C)(C)C2=CC1O[Si](C)(C)C. The molecule has 0 amide bonds. The summed E-state index contributed by atoms with van der Waals surface area (Å²) < 4.78 is 6.29. The van der Waals surface area contributed by atoms with Crippen molar-refractivity contribution in [3.05, 3.63) is 11.6 Å². The van der Waals surface area contributed by atoms with E-state index in [1.165, 1.54) is 12.0 Å². The molecule has 20 heavy (non-hydrogen) atoms. The Hall–Kier alpha value is -0.413. The lowest BCUT2D eigenvalue weighted by Crippen LogP contribution is -2.51. The van der Waals surface area contributed by atoms with Gasteiger partial charge >= 0.3 is 0 Å². The van der Waals surface area contributed by atoms with Crippen LogP contribution in [0.15, 0.2) is 11.6 Å². The zero-order valence-corrected chi connectivity index (χ0v) is 15.2. The Morgan fingerprint density at radius 1 is 1.20 bits per heavy atom. The molecule has 0 aliphatic heterocycles. The van der Waals surface area contributed by atoms with Crippen LogP contribution >= 0.6 is 0 Å². The quantitative estimate of drug-likeness (QED) is 0.551. The minimum atomic E-state index is -1.64. The highest BCUT2D eigenvalue weighted by atomic mass is 28.4. The zero-order valence-electron chi connectivity index (χ0n) is 14.2. The smallest absolute Gasteiger partial charge is 0.184 e. The summed E-state index contributed by atoms with van der Waals surface area (Å²) in [6.07, 6.45) is 5.62. The van der Waals surface area contributed by atoms with Gasteiger partial charge in [0.1, 0.15) is 5.78 Å². The molecule has 1 saturated carbocycles. The van der Waals surface area contributed by atoms with Crippen LogP contribution in [-0.4, -0.2) is 20.2 Å². The maximum Gasteiger partial charge on any atom is 0.184 e. The number of Topliss-reactive ketones (excluding diaryl/α,β-unsaturated/α-hetero) is 1. The van der Waals surface area contributed by atoms with Crippen molar-refractivity contribution in [2.45, 2.75) is 72.7 Å². The maximum absolute atomic E-state index is 13.0. The van der Waals surface area contributed by atoms with E-state index < -0.39 is 8.32 Å². The molecule has 0 radical (unpaired) electrons. The van der Waals surface area contributed by atoms with Gasteiger partial charge in [-0.05, 0) is 44.8 Å². The van der Waals surface area contributed by atoms with Crippen LogP contribution in [-0.2, 0) is 9.22 Å². The summed E-state index contributed by atoms with van der Waals surface area (Å²) in [4.78, 5) is 13.0. The molecule has 0 N–H and O–H groups in total. The number of fused-ring (bicyclic) bond motifs is 1. The maximum atomic E-state index is 13.0. The largest absolute Gasteiger partial charge is 0.411 e. The van der Waals surface area contributed by atoms with Crippen molar-refractivity contribution < 1.29 is 9.22 Å². The molecule has 3 atom stereocenters. The average molecular weight is 295 g/mol. The van der Waals surface area contributed by atoms with E-state index in [-0.39, 0.29) is 22.9 Å². The van der Waals surface area contributed by atoms with E-state index in [1.54, 1.807) is 0 Å². The lowest BCUT2D eigenvalue weighted by molar-refractivity contribution is -0.135. The monoisotopic (exact) mass is 294 g/mol. The summed E-state index contributed by atoms with van der Waals surface area (Å²) in [5.41, 5.74) is 1.22. The lowest BCUT2D eigenvalue weighted by atomic mass is 9.54. The minimum Gasteiger partial charge on any atom is -0.411 e. The van der Waals surface area contributed by atoms with E-state index in [0.29, 0.717) is 5.78 Å². The highest BCUT2D eigenvalue weighted by Crippen LogP contribution is 2.54. The number of carbonyl (C=O) groups excluding carboxylic acids is 1. The number of carbonyl (C=O) groups is 1. The van der Waals surface area contributed by atoms with E-state index >= 15 is 0 Å². The van der Waals surface area contributed by atoms with Crippen LogP contribution in [0, 0.1) is 16.7 Å². The van der Waals surface area contributed by atoms with Crippen LogP contribution in [0.2, 0.25) is 19.6 Å². The zero-order chi connectivity index (χ0) is 15.3. The van der Waals surface area contributed by atoms with Crippen molar-refractivity contribution >= 4 is 14.1 Å². The fraction of sp³-hybridized carbons (Fsp3) is 0.824. The van der Waals surface area contributed by atoms with Crippen molar-refractivity contribution in [1.29, 1.82) is 0 Å². The number of hydrogen-bond acceptors (Lipinski definition) is 2. The van der Waals surface area contributed by atoms with Gasteiger partial charge in [0.15, 0.2) is 8.32 Å². The van der Waals surface area contributed by atoms with Crippen LogP contribution in [0.5, 0.6) is 0 Å². The molecule has 0 saturated heterocycles. The van der Waals surface area contributed by atoms with E-state index in [4.69, 9.17) is 4.43 Å². The number of ketones is 1. The van der Waals surface area contributed by atoms with Crippen molar-refractivity contribution in [3.8, 4) is 0 Å². The van der Waals surface area contributed by atoms with E-state index in [9.17, 15) is 4.79 Å². The Labute approximate surface area is 125 Å².